The van der Waals surface area contributed by atoms with Gasteiger partial charge in [-0.15, -0.1) is 24.8 Å². The van der Waals surface area contributed by atoms with Crippen molar-refractivity contribution in [1.82, 2.24) is 4.98 Å². The van der Waals surface area contributed by atoms with Gasteiger partial charge in [0.05, 0.1) is 17.9 Å². The Labute approximate surface area is 118 Å². The Morgan fingerprint density at radius 1 is 1.39 bits per heavy atom. The minimum atomic E-state index is -3.31. The summed E-state index contributed by atoms with van der Waals surface area (Å²) >= 11 is 0. The van der Waals surface area contributed by atoms with Crippen LogP contribution in [-0.4, -0.2) is 31.6 Å². The Kier molecular flexibility index (Phi) is 8.13. The summed E-state index contributed by atoms with van der Waals surface area (Å²) in [6.07, 6.45) is 2.34. The highest BCUT2D eigenvalue weighted by atomic mass is 35.5. The molecule has 18 heavy (non-hydrogen) atoms. The highest BCUT2D eigenvalue weighted by molar-refractivity contribution is 7.90. The van der Waals surface area contributed by atoms with Crippen molar-refractivity contribution in [2.24, 2.45) is 5.73 Å². The second-order valence-electron chi connectivity index (χ2n) is 3.44. The van der Waals surface area contributed by atoms with Crippen LogP contribution in [0.2, 0.25) is 0 Å². The van der Waals surface area contributed by atoms with Crippen LogP contribution in [0.5, 0.6) is 0 Å². The third-order valence-electron chi connectivity index (χ3n) is 1.80. The van der Waals surface area contributed by atoms with Gasteiger partial charge in [0.1, 0.15) is 0 Å². The molecule has 9 heteroatoms. The van der Waals surface area contributed by atoms with E-state index >= 15 is 0 Å². The number of carbonyl (C=O) groups excluding carboxylic acids is 1. The largest absolute Gasteiger partial charge is 0.323 e. The summed E-state index contributed by atoms with van der Waals surface area (Å²) in [4.78, 5) is 14.9. The first-order valence-corrected chi connectivity index (χ1v) is 6.42. The quantitative estimate of drug-likeness (QED) is 0.851. The molecule has 0 saturated carbocycles. The first-order valence-electron chi connectivity index (χ1n) is 4.53. The molecule has 1 rings (SSSR count). The molecule has 0 aliphatic carbocycles. The molecule has 0 aliphatic heterocycles. The van der Waals surface area contributed by atoms with Gasteiger partial charge in [0.15, 0.2) is 14.9 Å². The van der Waals surface area contributed by atoms with Crippen molar-refractivity contribution >= 4 is 46.2 Å². The molecule has 0 fully saturated rings. The van der Waals surface area contributed by atoms with E-state index in [1.165, 1.54) is 18.3 Å². The summed E-state index contributed by atoms with van der Waals surface area (Å²) in [6.45, 7) is 1.55. The van der Waals surface area contributed by atoms with Crippen LogP contribution in [0, 0.1) is 0 Å². The molecular weight excluding hydrogens is 301 g/mol. The zero-order chi connectivity index (χ0) is 12.3. The second-order valence-corrected chi connectivity index (χ2v) is 5.40. The van der Waals surface area contributed by atoms with Crippen LogP contribution in [0.3, 0.4) is 0 Å². The molecule has 0 aromatic carbocycles. The number of pyridine rings is 1. The fourth-order valence-electron chi connectivity index (χ4n) is 0.930. The number of aromatic nitrogens is 1. The van der Waals surface area contributed by atoms with E-state index in [-0.39, 0.29) is 35.7 Å². The highest BCUT2D eigenvalue weighted by Gasteiger charge is 2.10. The van der Waals surface area contributed by atoms with E-state index in [1.807, 2.05) is 0 Å². The van der Waals surface area contributed by atoms with Gasteiger partial charge >= 0.3 is 0 Å². The van der Waals surface area contributed by atoms with Gasteiger partial charge in [-0.3, -0.25) is 4.79 Å². The molecule has 0 radical (unpaired) electrons. The maximum Gasteiger partial charge on any atom is 0.241 e. The Bertz CT molecular complexity index is 488. The van der Waals surface area contributed by atoms with Crippen molar-refractivity contribution in [2.75, 3.05) is 11.6 Å². The molecule has 1 aromatic rings. The third kappa shape index (κ3) is 5.63. The smallest absolute Gasteiger partial charge is 0.241 e. The van der Waals surface area contributed by atoms with Gasteiger partial charge in [-0.05, 0) is 19.1 Å². The minimum Gasteiger partial charge on any atom is -0.323 e. The van der Waals surface area contributed by atoms with Gasteiger partial charge in [0, 0.05) is 6.26 Å². The molecular formula is C9H15Cl2N3O3S. The van der Waals surface area contributed by atoms with Crippen molar-refractivity contribution in [3.63, 3.8) is 0 Å². The predicted octanol–water partition coefficient (Wildman–Crippen LogP) is 0.614. The molecule has 0 bridgehead atoms. The molecule has 6 nitrogen and oxygen atoms in total. The summed E-state index contributed by atoms with van der Waals surface area (Å²) in [7, 11) is -3.31. The van der Waals surface area contributed by atoms with Crippen LogP contribution in [0.1, 0.15) is 6.92 Å². The lowest BCUT2D eigenvalue weighted by Gasteiger charge is -2.07. The Hall–Kier alpha value is -0.890. The first-order chi connectivity index (χ1) is 7.30. The zero-order valence-corrected chi connectivity index (χ0v) is 12.2. The number of nitrogens with zero attached hydrogens (tertiary/aromatic N) is 1. The number of anilines is 1. The number of nitrogens with two attached hydrogens (primary N) is 1. The van der Waals surface area contributed by atoms with Crippen LogP contribution in [0.4, 0.5) is 5.69 Å². The number of halogens is 2. The van der Waals surface area contributed by atoms with Crippen molar-refractivity contribution < 1.29 is 13.2 Å². The van der Waals surface area contributed by atoms with Crippen LogP contribution in [0.25, 0.3) is 0 Å². The van der Waals surface area contributed by atoms with Gasteiger partial charge in [-0.2, -0.15) is 0 Å². The van der Waals surface area contributed by atoms with E-state index in [2.05, 4.69) is 10.3 Å². The number of rotatable bonds is 3. The van der Waals surface area contributed by atoms with E-state index in [9.17, 15) is 13.2 Å². The topological polar surface area (TPSA) is 102 Å². The SMILES string of the molecule is CC(N)C(=O)Nc1ccc(S(C)(=O)=O)nc1.Cl.Cl. The molecule has 1 atom stereocenters. The van der Waals surface area contributed by atoms with Crippen molar-refractivity contribution in [3.05, 3.63) is 18.3 Å². The molecule has 1 aromatic heterocycles. The summed E-state index contributed by atoms with van der Waals surface area (Å²) in [5.74, 6) is -0.353. The fourth-order valence-corrected chi connectivity index (χ4v) is 1.49. The molecule has 1 amide bonds. The lowest BCUT2D eigenvalue weighted by atomic mass is 10.3. The third-order valence-corrected chi connectivity index (χ3v) is 2.80. The van der Waals surface area contributed by atoms with Crippen LogP contribution < -0.4 is 11.1 Å². The van der Waals surface area contributed by atoms with E-state index in [0.717, 1.165) is 6.26 Å². The fraction of sp³-hybridized carbons (Fsp3) is 0.333. The first kappa shape index (κ1) is 19.4. The lowest BCUT2D eigenvalue weighted by Crippen LogP contribution is -2.32. The summed E-state index contributed by atoms with van der Waals surface area (Å²) < 4.78 is 22.2. The predicted molar refractivity (Wildman–Crippen MR) is 74.1 cm³/mol. The van der Waals surface area contributed by atoms with Gasteiger partial charge in [-0.25, -0.2) is 13.4 Å². The number of hydrogen-bond donors (Lipinski definition) is 2. The van der Waals surface area contributed by atoms with E-state index in [0.29, 0.717) is 5.69 Å². The van der Waals surface area contributed by atoms with Crippen LogP contribution >= 0.6 is 24.8 Å². The molecule has 0 saturated heterocycles. The van der Waals surface area contributed by atoms with Gasteiger partial charge < -0.3 is 11.1 Å². The van der Waals surface area contributed by atoms with Crippen LogP contribution in [-0.2, 0) is 14.6 Å². The van der Waals surface area contributed by atoms with Gasteiger partial charge in [0.2, 0.25) is 5.91 Å². The maximum atomic E-state index is 11.2. The second kappa shape index (κ2) is 7.52. The molecule has 3 N–H and O–H groups in total. The van der Waals surface area contributed by atoms with E-state index in [4.69, 9.17) is 5.73 Å². The summed E-state index contributed by atoms with van der Waals surface area (Å²) in [6, 6.07) is 2.16. The lowest BCUT2D eigenvalue weighted by molar-refractivity contribution is -0.117. The Morgan fingerprint density at radius 2 is 1.94 bits per heavy atom. The Balaban J connectivity index is 0. The van der Waals surface area contributed by atoms with Crippen molar-refractivity contribution in [2.45, 2.75) is 18.0 Å². The van der Waals surface area contributed by atoms with E-state index < -0.39 is 15.9 Å². The minimum absolute atomic E-state index is 0. The van der Waals surface area contributed by atoms with Crippen molar-refractivity contribution in [1.29, 1.82) is 0 Å². The molecule has 0 spiro atoms. The summed E-state index contributed by atoms with van der Waals surface area (Å²) in [5, 5.41) is 2.46. The maximum absolute atomic E-state index is 11.2. The number of amides is 1. The monoisotopic (exact) mass is 315 g/mol. The molecule has 0 aliphatic rings. The van der Waals surface area contributed by atoms with Crippen molar-refractivity contribution in [3.8, 4) is 0 Å². The number of hydrogen-bond acceptors (Lipinski definition) is 5. The summed E-state index contributed by atoms with van der Waals surface area (Å²) in [5.41, 5.74) is 5.77. The highest BCUT2D eigenvalue weighted by Crippen LogP contribution is 2.10. The molecule has 1 heterocycles. The average molecular weight is 316 g/mol. The Morgan fingerprint density at radius 3 is 2.28 bits per heavy atom. The average Bonchev–Trinajstić information content (AvgIpc) is 2.17. The number of nitrogens with one attached hydrogen (secondary N) is 1. The zero-order valence-electron chi connectivity index (χ0n) is 9.78. The number of carbonyl (C=O) groups is 1. The van der Waals surface area contributed by atoms with Crippen LogP contribution in [0.15, 0.2) is 23.4 Å². The normalized spacial score (nSPS) is 11.7. The standard InChI is InChI=1S/C9H13N3O3S.2ClH/c1-6(10)9(13)12-7-3-4-8(11-5-7)16(2,14)15;;/h3-6H,10H2,1-2H3,(H,12,13);2*1H. The van der Waals surface area contributed by atoms with Gasteiger partial charge in [0.25, 0.3) is 0 Å². The van der Waals surface area contributed by atoms with Gasteiger partial charge in [-0.1, -0.05) is 0 Å². The molecule has 1 unspecified atom stereocenters. The number of sulfone groups is 1. The molecule has 104 valence electrons. The van der Waals surface area contributed by atoms with E-state index in [1.54, 1.807) is 6.92 Å².